The Morgan fingerprint density at radius 2 is 1.77 bits per heavy atom. The van der Waals surface area contributed by atoms with Crippen molar-refractivity contribution in [3.05, 3.63) is 95.4 Å². The van der Waals surface area contributed by atoms with Crippen molar-refractivity contribution in [1.82, 2.24) is 4.98 Å². The van der Waals surface area contributed by atoms with Crippen LogP contribution in [0, 0.1) is 0 Å². The van der Waals surface area contributed by atoms with E-state index in [0.717, 1.165) is 5.56 Å². The summed E-state index contributed by atoms with van der Waals surface area (Å²) in [6.07, 6.45) is 3.35. The van der Waals surface area contributed by atoms with Crippen LogP contribution < -0.4 is 4.90 Å². The molecule has 0 bridgehead atoms. The van der Waals surface area contributed by atoms with Gasteiger partial charge in [0.1, 0.15) is 29.7 Å². The monoisotopic (exact) mass is 474 g/mol. The maximum atomic E-state index is 13.1. The zero-order chi connectivity index (χ0) is 24.5. The molecule has 4 aromatic rings. The molecule has 1 N–H and O–H groups in total. The van der Waals surface area contributed by atoms with Gasteiger partial charge in [-0.1, -0.05) is 36.4 Å². The largest absolute Gasteiger partial charge is 0.471 e. The fraction of sp³-hybridized carbons (Fsp3) is 0.192. The van der Waals surface area contributed by atoms with Gasteiger partial charge in [-0.15, -0.1) is 0 Å². The van der Waals surface area contributed by atoms with Crippen LogP contribution in [0.1, 0.15) is 49.9 Å². The van der Waals surface area contributed by atoms with E-state index in [0.29, 0.717) is 16.8 Å². The Bertz CT molecular complexity index is 1360. The number of methoxy groups -OCH3 is 2. The molecule has 9 heteroatoms. The molecule has 3 aromatic heterocycles. The lowest BCUT2D eigenvalue weighted by Crippen LogP contribution is -2.33. The minimum absolute atomic E-state index is 0.104. The van der Waals surface area contributed by atoms with Crippen molar-refractivity contribution in [2.24, 2.45) is 0 Å². The van der Waals surface area contributed by atoms with Gasteiger partial charge in [-0.05, 0) is 17.7 Å². The first-order valence-electron chi connectivity index (χ1n) is 10.8. The van der Waals surface area contributed by atoms with E-state index in [4.69, 9.17) is 18.3 Å². The Labute approximate surface area is 200 Å². The van der Waals surface area contributed by atoms with Gasteiger partial charge in [-0.2, -0.15) is 0 Å². The number of carbonyl (C=O) groups is 2. The molecule has 178 valence electrons. The van der Waals surface area contributed by atoms with Crippen LogP contribution in [0.4, 0.5) is 5.69 Å². The number of hydrogen-bond donors (Lipinski definition) is 1. The van der Waals surface area contributed by atoms with E-state index in [-0.39, 0.29) is 29.3 Å². The van der Waals surface area contributed by atoms with Gasteiger partial charge in [0, 0.05) is 18.3 Å². The molecule has 5 rings (SSSR count). The zero-order valence-electron chi connectivity index (χ0n) is 19.0. The lowest BCUT2D eigenvalue weighted by Gasteiger charge is -2.34. The van der Waals surface area contributed by atoms with Gasteiger partial charge >= 0.3 is 11.9 Å². The fourth-order valence-electron chi connectivity index (χ4n) is 4.44. The van der Waals surface area contributed by atoms with Crippen molar-refractivity contribution in [3.63, 3.8) is 0 Å². The van der Waals surface area contributed by atoms with E-state index in [2.05, 4.69) is 4.98 Å². The average Bonchev–Trinajstić information content (AvgIpc) is 3.52. The van der Waals surface area contributed by atoms with Crippen LogP contribution >= 0.6 is 0 Å². The Morgan fingerprint density at radius 3 is 2.46 bits per heavy atom. The number of benzene rings is 1. The van der Waals surface area contributed by atoms with Crippen LogP contribution in [0.15, 0.2) is 76.1 Å². The predicted octanol–water partition coefficient (Wildman–Crippen LogP) is 4.30. The first-order chi connectivity index (χ1) is 17.0. The highest BCUT2D eigenvalue weighted by atomic mass is 16.5. The summed E-state index contributed by atoms with van der Waals surface area (Å²) >= 11 is 0. The van der Waals surface area contributed by atoms with Gasteiger partial charge < -0.3 is 28.3 Å². The van der Waals surface area contributed by atoms with E-state index in [1.807, 2.05) is 36.4 Å². The van der Waals surface area contributed by atoms with Gasteiger partial charge in [0.15, 0.2) is 5.76 Å². The topological polar surface area (TPSA) is 115 Å². The minimum Gasteiger partial charge on any atom is -0.471 e. The summed E-state index contributed by atoms with van der Waals surface area (Å²) in [7, 11) is 2.41. The molecule has 2 atom stereocenters. The molecule has 0 unspecified atom stereocenters. The molecule has 0 amide bonds. The molecule has 1 aliphatic heterocycles. The molecular formula is C26H22N2O7. The highest BCUT2D eigenvalue weighted by Gasteiger charge is 2.44. The molecule has 0 fully saturated rings. The van der Waals surface area contributed by atoms with Crippen LogP contribution in [0.5, 0.6) is 0 Å². The number of esters is 2. The number of pyridine rings is 1. The molecule has 1 aromatic carbocycles. The Hall–Kier alpha value is -4.37. The van der Waals surface area contributed by atoms with Crippen LogP contribution in [0.2, 0.25) is 0 Å². The smallest absolute Gasteiger partial charge is 0.374 e. The maximum Gasteiger partial charge on any atom is 0.374 e. The Kier molecular flexibility index (Phi) is 5.84. The zero-order valence-corrected chi connectivity index (χ0v) is 19.0. The molecule has 0 aliphatic carbocycles. The Balaban J connectivity index is 1.85. The fourth-order valence-corrected chi connectivity index (χ4v) is 4.44. The summed E-state index contributed by atoms with van der Waals surface area (Å²) < 4.78 is 21.3. The lowest BCUT2D eigenvalue weighted by molar-refractivity contribution is 0.0529. The molecule has 0 spiro atoms. The van der Waals surface area contributed by atoms with Gasteiger partial charge in [0.25, 0.3) is 0 Å². The third kappa shape index (κ3) is 3.75. The normalized spacial score (nSPS) is 16.7. The Morgan fingerprint density at radius 1 is 1.03 bits per heavy atom. The van der Waals surface area contributed by atoms with Crippen molar-refractivity contribution in [2.75, 3.05) is 19.1 Å². The van der Waals surface area contributed by atoms with E-state index < -0.39 is 24.1 Å². The average molecular weight is 474 g/mol. The van der Waals surface area contributed by atoms with Gasteiger partial charge in [-0.3, -0.25) is 4.98 Å². The summed E-state index contributed by atoms with van der Waals surface area (Å²) in [4.78, 5) is 32.0. The third-order valence-corrected chi connectivity index (χ3v) is 6.01. The summed E-state index contributed by atoms with van der Waals surface area (Å²) in [6.45, 7) is 0.262. The molecule has 0 saturated carbocycles. The number of aliphatic hydroxyl groups is 1. The predicted molar refractivity (Wildman–Crippen MR) is 124 cm³/mol. The molecule has 1 aliphatic rings. The number of ether oxygens (including phenoxy) is 2. The number of anilines is 1. The SMILES string of the molecule is COC(=O)c1oc2c(c1C(=O)OC)N(Cc1ccccc1)[C@H](c1ccccn1)[C@@H](O)c1cocc1-2. The van der Waals surface area contributed by atoms with E-state index in [9.17, 15) is 14.7 Å². The first-order valence-corrected chi connectivity index (χ1v) is 10.8. The summed E-state index contributed by atoms with van der Waals surface area (Å²) in [5, 5.41) is 11.6. The number of nitrogens with zero attached hydrogens (tertiary/aromatic N) is 2. The van der Waals surface area contributed by atoms with Crippen molar-refractivity contribution in [1.29, 1.82) is 0 Å². The molecule has 9 nitrogen and oxygen atoms in total. The number of carbonyl (C=O) groups excluding carboxylic acids is 2. The van der Waals surface area contributed by atoms with Crippen LogP contribution in [-0.4, -0.2) is 36.2 Å². The number of rotatable bonds is 5. The second-order valence-corrected chi connectivity index (χ2v) is 7.97. The number of hydrogen-bond acceptors (Lipinski definition) is 9. The summed E-state index contributed by atoms with van der Waals surface area (Å²) in [6, 6.07) is 14.1. The number of furan rings is 2. The van der Waals surface area contributed by atoms with Crippen LogP contribution in [0.25, 0.3) is 11.3 Å². The van der Waals surface area contributed by atoms with Crippen molar-refractivity contribution in [2.45, 2.75) is 18.7 Å². The highest BCUT2D eigenvalue weighted by molar-refractivity contribution is 6.09. The summed E-state index contributed by atoms with van der Waals surface area (Å²) in [5.74, 6) is -1.73. The number of aromatic nitrogens is 1. The van der Waals surface area contributed by atoms with Gasteiger partial charge in [0.2, 0.25) is 5.76 Å². The standard InChI is InChI=1S/C26H22N2O7/c1-32-25(30)19-21-23(35-24(19)26(31)33-2)17-14-34-13-16(17)22(29)20(18-10-6-7-11-27-18)28(21)12-15-8-4-3-5-9-15/h3-11,13-14,20,22,29H,12H2,1-2H3/t20-,22+/m1/s1. The van der Waals surface area contributed by atoms with Crippen molar-refractivity contribution < 1.29 is 33.0 Å². The number of aliphatic hydroxyl groups excluding tert-OH is 1. The second-order valence-electron chi connectivity index (χ2n) is 7.97. The molecular weight excluding hydrogens is 452 g/mol. The quantitative estimate of drug-likeness (QED) is 0.423. The van der Waals surface area contributed by atoms with Gasteiger partial charge in [0.05, 0.1) is 31.7 Å². The number of fused-ring (bicyclic) bond motifs is 3. The molecule has 4 heterocycles. The van der Waals surface area contributed by atoms with Crippen molar-refractivity contribution >= 4 is 17.6 Å². The molecule has 0 radical (unpaired) electrons. The maximum absolute atomic E-state index is 13.1. The second kappa shape index (κ2) is 9.11. The highest BCUT2D eigenvalue weighted by Crippen LogP contribution is 2.51. The third-order valence-electron chi connectivity index (χ3n) is 6.01. The summed E-state index contributed by atoms with van der Waals surface area (Å²) in [5.41, 5.74) is 2.45. The van der Waals surface area contributed by atoms with E-state index >= 15 is 0 Å². The first kappa shape index (κ1) is 22.4. The van der Waals surface area contributed by atoms with Crippen LogP contribution in [-0.2, 0) is 16.0 Å². The van der Waals surface area contributed by atoms with Crippen molar-refractivity contribution in [3.8, 4) is 11.3 Å². The van der Waals surface area contributed by atoms with Gasteiger partial charge in [-0.25, -0.2) is 9.59 Å². The minimum atomic E-state index is -1.10. The van der Waals surface area contributed by atoms with E-state index in [1.54, 1.807) is 23.2 Å². The van der Waals surface area contributed by atoms with E-state index in [1.165, 1.54) is 26.7 Å². The lowest BCUT2D eigenvalue weighted by atomic mass is 9.98. The molecule has 35 heavy (non-hydrogen) atoms. The molecule has 0 saturated heterocycles. The van der Waals surface area contributed by atoms with Crippen LogP contribution in [0.3, 0.4) is 0 Å².